The number of carbonyl (C=O) groups excluding carboxylic acids is 3. The molecule has 2 aromatic rings. The molecule has 0 heterocycles. The molecule has 0 aliphatic rings. The van der Waals surface area contributed by atoms with Crippen LogP contribution in [0, 0.1) is 5.92 Å². The van der Waals surface area contributed by atoms with E-state index in [1.807, 2.05) is 38.1 Å². The number of amides is 4. The van der Waals surface area contributed by atoms with Crippen molar-refractivity contribution in [2.45, 2.75) is 104 Å². The SMILES string of the molecule is CCC(NC(=O)[C@H](CC(C)C)NC(=O)NCc1ccc(OCCO[Si](C)(C)C(C)(C)C)cc1)C(O)C(=O)NCc1cc(OC)cc(OC)c1. The molecule has 0 saturated heterocycles. The van der Waals surface area contributed by atoms with Crippen molar-refractivity contribution < 1.29 is 38.1 Å². The Bertz CT molecular complexity index is 1330. The van der Waals surface area contributed by atoms with E-state index in [4.69, 9.17) is 18.6 Å². The Morgan fingerprint density at radius 2 is 1.41 bits per heavy atom. The van der Waals surface area contributed by atoms with Gasteiger partial charge in [0.05, 0.1) is 26.9 Å². The monoisotopic (exact) mass is 702 g/mol. The van der Waals surface area contributed by atoms with E-state index in [0.717, 1.165) is 5.56 Å². The highest BCUT2D eigenvalue weighted by Gasteiger charge is 2.37. The highest BCUT2D eigenvalue weighted by molar-refractivity contribution is 6.74. The highest BCUT2D eigenvalue weighted by Crippen LogP contribution is 2.36. The lowest BCUT2D eigenvalue weighted by Gasteiger charge is -2.36. The molecule has 49 heavy (non-hydrogen) atoms. The summed E-state index contributed by atoms with van der Waals surface area (Å²) >= 11 is 0. The number of aliphatic hydroxyl groups excluding tert-OH is 1. The van der Waals surface area contributed by atoms with Gasteiger partial charge in [-0.05, 0) is 72.3 Å². The molecule has 2 unspecified atom stereocenters. The molecule has 0 fully saturated rings. The van der Waals surface area contributed by atoms with Gasteiger partial charge < -0.3 is 45.0 Å². The lowest BCUT2D eigenvalue weighted by atomic mass is 10.0. The van der Waals surface area contributed by atoms with Gasteiger partial charge in [0.15, 0.2) is 14.4 Å². The van der Waals surface area contributed by atoms with Crippen molar-refractivity contribution in [2.24, 2.45) is 5.92 Å². The van der Waals surface area contributed by atoms with Crippen molar-refractivity contribution in [2.75, 3.05) is 27.4 Å². The smallest absolute Gasteiger partial charge is 0.315 e. The van der Waals surface area contributed by atoms with Crippen LogP contribution >= 0.6 is 0 Å². The number of benzene rings is 2. The van der Waals surface area contributed by atoms with Crippen LogP contribution < -0.4 is 35.5 Å². The van der Waals surface area contributed by atoms with Crippen molar-refractivity contribution >= 4 is 26.2 Å². The maximum absolute atomic E-state index is 13.3. The molecule has 5 N–H and O–H groups in total. The van der Waals surface area contributed by atoms with E-state index in [-0.39, 0.29) is 30.5 Å². The molecule has 0 radical (unpaired) electrons. The quantitative estimate of drug-likeness (QED) is 0.102. The number of methoxy groups -OCH3 is 2. The highest BCUT2D eigenvalue weighted by atomic mass is 28.4. The number of aliphatic hydroxyl groups is 1. The third-order valence-electron chi connectivity index (χ3n) is 8.62. The minimum Gasteiger partial charge on any atom is -0.497 e. The molecule has 12 nitrogen and oxygen atoms in total. The van der Waals surface area contributed by atoms with Crippen LogP contribution in [0.5, 0.6) is 17.2 Å². The van der Waals surface area contributed by atoms with Gasteiger partial charge in [-0.1, -0.05) is 53.7 Å². The molecule has 4 amide bonds. The van der Waals surface area contributed by atoms with E-state index >= 15 is 0 Å². The average molecular weight is 703 g/mol. The van der Waals surface area contributed by atoms with Crippen molar-refractivity contribution in [1.82, 2.24) is 21.3 Å². The molecular weight excluding hydrogens is 645 g/mol. The van der Waals surface area contributed by atoms with Gasteiger partial charge >= 0.3 is 6.03 Å². The lowest BCUT2D eigenvalue weighted by molar-refractivity contribution is -0.132. The van der Waals surface area contributed by atoms with Gasteiger partial charge in [0.2, 0.25) is 5.91 Å². The van der Waals surface area contributed by atoms with Crippen molar-refractivity contribution in [1.29, 1.82) is 0 Å². The fourth-order valence-corrected chi connectivity index (χ4v) is 5.63. The van der Waals surface area contributed by atoms with E-state index in [9.17, 15) is 19.5 Å². The van der Waals surface area contributed by atoms with Gasteiger partial charge in [0.25, 0.3) is 5.91 Å². The second-order valence-corrected chi connectivity index (χ2v) is 18.8. The van der Waals surface area contributed by atoms with Crippen molar-refractivity contribution in [3.8, 4) is 17.2 Å². The van der Waals surface area contributed by atoms with Gasteiger partial charge in [0, 0.05) is 19.2 Å². The largest absolute Gasteiger partial charge is 0.497 e. The fourth-order valence-electron chi connectivity index (χ4n) is 4.60. The predicted octanol–water partition coefficient (Wildman–Crippen LogP) is 4.89. The van der Waals surface area contributed by atoms with Crippen LogP contribution in [0.4, 0.5) is 4.79 Å². The molecule has 13 heteroatoms. The molecule has 0 aliphatic carbocycles. The number of nitrogens with one attached hydrogen (secondary N) is 4. The topological polar surface area (TPSA) is 156 Å². The zero-order chi connectivity index (χ0) is 36.8. The van der Waals surface area contributed by atoms with E-state index < -0.39 is 44.4 Å². The molecule has 2 rings (SSSR count). The van der Waals surface area contributed by atoms with E-state index in [1.165, 1.54) is 14.2 Å². The molecular formula is C36H58N4O8Si. The number of ether oxygens (including phenoxy) is 3. The Labute approximate surface area is 293 Å². The summed E-state index contributed by atoms with van der Waals surface area (Å²) in [5.41, 5.74) is 1.57. The van der Waals surface area contributed by atoms with Crippen LogP contribution in [0.3, 0.4) is 0 Å². The zero-order valence-corrected chi connectivity index (χ0v) is 31.9. The van der Waals surface area contributed by atoms with Crippen molar-refractivity contribution in [3.63, 3.8) is 0 Å². The summed E-state index contributed by atoms with van der Waals surface area (Å²) < 4.78 is 22.5. The van der Waals surface area contributed by atoms with Gasteiger partial charge in [-0.15, -0.1) is 0 Å². The number of rotatable bonds is 19. The number of hydrogen-bond acceptors (Lipinski definition) is 8. The van der Waals surface area contributed by atoms with Gasteiger partial charge in [-0.25, -0.2) is 4.79 Å². The van der Waals surface area contributed by atoms with Crippen molar-refractivity contribution in [3.05, 3.63) is 53.6 Å². The molecule has 0 spiro atoms. The maximum Gasteiger partial charge on any atom is 0.315 e. The summed E-state index contributed by atoms with van der Waals surface area (Å²) in [4.78, 5) is 39.0. The molecule has 0 saturated carbocycles. The minimum absolute atomic E-state index is 0.0871. The first-order chi connectivity index (χ1) is 23.0. The van der Waals surface area contributed by atoms with Gasteiger partial charge in [-0.3, -0.25) is 9.59 Å². The number of hydrogen-bond donors (Lipinski definition) is 5. The standard InChI is InChI=1S/C36H58N4O8Si/c1-11-30(32(41)34(43)37-23-26-19-28(45-7)21-29(20-26)46-8)39-33(42)31(18-24(2)3)40-35(44)38-22-25-12-14-27(15-13-25)47-16-17-48-49(9,10)36(4,5)6/h12-15,19-21,24,30-32,41H,11,16-18,22-23H2,1-10H3,(H,37,43)(H,39,42)(H2,38,40,44)/t30?,31-,32?/m0/s1. The average Bonchev–Trinajstić information content (AvgIpc) is 3.05. The molecule has 0 bridgehead atoms. The lowest BCUT2D eigenvalue weighted by Crippen LogP contribution is -2.56. The Balaban J connectivity index is 1.89. The Hall–Kier alpha value is -3.81. The van der Waals surface area contributed by atoms with Crippen LogP contribution in [0.15, 0.2) is 42.5 Å². The summed E-state index contributed by atoms with van der Waals surface area (Å²) in [6, 6.07) is 10.4. The summed E-state index contributed by atoms with van der Waals surface area (Å²) in [5, 5.41) is 22.0. The van der Waals surface area contributed by atoms with E-state index in [0.29, 0.717) is 42.4 Å². The van der Waals surface area contributed by atoms with Gasteiger partial charge in [0.1, 0.15) is 29.9 Å². The summed E-state index contributed by atoms with van der Waals surface area (Å²) in [6.45, 7) is 18.0. The fraction of sp³-hybridized carbons (Fsp3) is 0.583. The maximum atomic E-state index is 13.3. The molecule has 274 valence electrons. The zero-order valence-electron chi connectivity index (χ0n) is 30.9. The first-order valence-corrected chi connectivity index (χ1v) is 19.8. The summed E-state index contributed by atoms with van der Waals surface area (Å²) in [6.07, 6.45) is -0.857. The molecule has 0 aliphatic heterocycles. The number of urea groups is 1. The molecule has 2 aromatic carbocycles. The first kappa shape index (κ1) is 41.4. The third-order valence-corrected chi connectivity index (χ3v) is 13.2. The van der Waals surface area contributed by atoms with Crippen LogP contribution in [-0.4, -0.2) is 76.9 Å². The van der Waals surface area contributed by atoms with Crippen LogP contribution in [0.2, 0.25) is 18.1 Å². The molecule has 0 aromatic heterocycles. The normalized spacial score (nSPS) is 13.6. The number of carbonyl (C=O) groups is 3. The Morgan fingerprint density at radius 1 is 0.816 bits per heavy atom. The van der Waals surface area contributed by atoms with E-state index in [1.54, 1.807) is 25.1 Å². The van der Waals surface area contributed by atoms with Crippen LogP contribution in [0.25, 0.3) is 0 Å². The van der Waals surface area contributed by atoms with Gasteiger partial charge in [-0.2, -0.15) is 0 Å². The van der Waals surface area contributed by atoms with E-state index in [2.05, 4.69) is 55.1 Å². The third kappa shape index (κ3) is 13.9. The second-order valence-electron chi connectivity index (χ2n) is 14.0. The predicted molar refractivity (Wildman–Crippen MR) is 193 cm³/mol. The first-order valence-electron chi connectivity index (χ1n) is 16.9. The van der Waals surface area contributed by atoms with Crippen LogP contribution in [0.1, 0.15) is 65.5 Å². The second kappa shape index (κ2) is 19.4. The summed E-state index contributed by atoms with van der Waals surface area (Å²) in [5.74, 6) is 0.802. The minimum atomic E-state index is -1.83. The summed E-state index contributed by atoms with van der Waals surface area (Å²) in [7, 11) is 1.24. The Kier molecular flexibility index (Phi) is 16.4. The Morgan fingerprint density at radius 3 is 1.94 bits per heavy atom. The van der Waals surface area contributed by atoms with Crippen LogP contribution in [-0.2, 0) is 27.1 Å². The molecule has 3 atom stereocenters.